The fraction of sp³-hybridized carbons (Fsp3) is 0.400. The molecule has 1 aromatic rings. The summed E-state index contributed by atoms with van der Waals surface area (Å²) in [7, 11) is 1.17. The van der Waals surface area contributed by atoms with Gasteiger partial charge in [-0.05, 0) is 25.0 Å². The molecule has 1 rings (SSSR count). The van der Waals surface area contributed by atoms with Crippen molar-refractivity contribution in [3.05, 3.63) is 30.3 Å². The van der Waals surface area contributed by atoms with E-state index in [1.54, 1.807) is 0 Å². The van der Waals surface area contributed by atoms with Gasteiger partial charge in [0.15, 0.2) is 0 Å². The maximum atomic E-state index is 10.9. The first kappa shape index (κ1) is 18.6. The minimum absolute atomic E-state index is 0.172. The van der Waals surface area contributed by atoms with Gasteiger partial charge in [-0.2, -0.15) is 0 Å². The van der Waals surface area contributed by atoms with Crippen molar-refractivity contribution in [1.82, 2.24) is 0 Å². The van der Waals surface area contributed by atoms with Crippen LogP contribution in [0.2, 0.25) is 0 Å². The zero-order chi connectivity index (χ0) is 16.1. The van der Waals surface area contributed by atoms with Crippen LogP contribution in [0.4, 0.5) is 5.69 Å². The highest BCUT2D eigenvalue weighted by Crippen LogP contribution is 2.03. The number of nitrogens with two attached hydrogens (primary N) is 2. The topological polar surface area (TPSA) is 112 Å². The monoisotopic (exact) mass is 294 g/mol. The third-order valence-corrected chi connectivity index (χ3v) is 2.54. The highest BCUT2D eigenvalue weighted by molar-refractivity contribution is 6.33. The predicted octanol–water partition coefficient (Wildman–Crippen LogP) is 1.43. The van der Waals surface area contributed by atoms with Crippen LogP contribution in [-0.4, -0.2) is 24.8 Å². The van der Waals surface area contributed by atoms with Gasteiger partial charge in [0.25, 0.3) is 0 Å². The van der Waals surface area contributed by atoms with E-state index in [0.29, 0.717) is 25.7 Å². The quantitative estimate of drug-likeness (QED) is 0.342. The number of nitrogen functional groups attached to an aromatic ring is 1. The van der Waals surface area contributed by atoms with Gasteiger partial charge >= 0.3 is 5.97 Å². The Morgan fingerprint density at radius 2 is 1.57 bits per heavy atom. The van der Waals surface area contributed by atoms with E-state index in [9.17, 15) is 14.4 Å². The molecule has 0 radical (unpaired) electrons. The van der Waals surface area contributed by atoms with Crippen LogP contribution >= 0.6 is 0 Å². The van der Waals surface area contributed by atoms with Crippen LogP contribution in [-0.2, 0) is 19.1 Å². The number of primary amides is 1. The highest BCUT2D eigenvalue weighted by atomic mass is 16.5. The number of hydrogen-bond donors (Lipinski definition) is 2. The Labute approximate surface area is 124 Å². The van der Waals surface area contributed by atoms with Crippen LogP contribution in [0.1, 0.15) is 32.1 Å². The molecular formula is C15H22N2O4. The van der Waals surface area contributed by atoms with Crippen molar-refractivity contribution in [2.45, 2.75) is 32.1 Å². The van der Waals surface area contributed by atoms with Crippen molar-refractivity contribution in [2.24, 2.45) is 5.73 Å². The SMILES string of the molecule is COC(=O)C(=O)CCCCCC(N)=O.Nc1ccccc1. The Morgan fingerprint density at radius 3 is 2.00 bits per heavy atom. The highest BCUT2D eigenvalue weighted by Gasteiger charge is 2.12. The van der Waals surface area contributed by atoms with Crippen molar-refractivity contribution < 1.29 is 19.1 Å². The molecule has 4 N–H and O–H groups in total. The summed E-state index contributed by atoms with van der Waals surface area (Å²) in [6, 6.07) is 9.49. The summed E-state index contributed by atoms with van der Waals surface area (Å²) < 4.78 is 4.24. The number of ether oxygens (including phenoxy) is 1. The van der Waals surface area contributed by atoms with Gasteiger partial charge in [-0.3, -0.25) is 9.59 Å². The van der Waals surface area contributed by atoms with Gasteiger partial charge in [0.2, 0.25) is 11.7 Å². The fourth-order valence-electron chi connectivity index (χ4n) is 1.43. The minimum atomic E-state index is -0.806. The molecule has 0 spiro atoms. The average molecular weight is 294 g/mol. The number of ketones is 1. The van der Waals surface area contributed by atoms with Crippen LogP contribution in [0.25, 0.3) is 0 Å². The molecule has 0 aromatic heterocycles. The van der Waals surface area contributed by atoms with E-state index in [2.05, 4.69) is 4.74 Å². The number of amides is 1. The lowest BCUT2D eigenvalue weighted by Crippen LogP contribution is -2.15. The summed E-state index contributed by atoms with van der Waals surface area (Å²) >= 11 is 0. The normalized spacial score (nSPS) is 9.19. The lowest BCUT2D eigenvalue weighted by atomic mass is 10.1. The number of hydrogen-bond acceptors (Lipinski definition) is 5. The number of carbonyl (C=O) groups excluding carboxylic acids is 3. The van der Waals surface area contributed by atoms with Gasteiger partial charge in [-0.25, -0.2) is 4.79 Å². The molecule has 0 aliphatic carbocycles. The second-order valence-corrected chi connectivity index (χ2v) is 4.35. The number of Topliss-reactive ketones (excluding diaryl/α,β-unsaturated/α-hetero) is 1. The number of esters is 1. The number of para-hydroxylation sites is 1. The summed E-state index contributed by atoms with van der Waals surface area (Å²) in [6.07, 6.45) is 2.45. The minimum Gasteiger partial charge on any atom is -0.463 e. The summed E-state index contributed by atoms with van der Waals surface area (Å²) in [5.41, 5.74) is 11.1. The second kappa shape index (κ2) is 11.5. The van der Waals surface area contributed by atoms with E-state index in [-0.39, 0.29) is 12.3 Å². The third-order valence-electron chi connectivity index (χ3n) is 2.54. The van der Waals surface area contributed by atoms with Crippen molar-refractivity contribution >= 4 is 23.3 Å². The second-order valence-electron chi connectivity index (χ2n) is 4.35. The van der Waals surface area contributed by atoms with Gasteiger partial charge in [-0.1, -0.05) is 24.6 Å². The number of methoxy groups -OCH3 is 1. The van der Waals surface area contributed by atoms with Gasteiger partial charge in [0.1, 0.15) is 0 Å². The maximum Gasteiger partial charge on any atom is 0.374 e. The van der Waals surface area contributed by atoms with E-state index in [1.165, 1.54) is 7.11 Å². The number of anilines is 1. The van der Waals surface area contributed by atoms with Gasteiger partial charge in [0.05, 0.1) is 7.11 Å². The molecule has 0 fully saturated rings. The number of benzene rings is 1. The van der Waals surface area contributed by atoms with Crippen LogP contribution in [0, 0.1) is 0 Å². The first-order valence-corrected chi connectivity index (χ1v) is 6.67. The lowest BCUT2D eigenvalue weighted by molar-refractivity contribution is -0.151. The molecule has 0 bridgehead atoms. The summed E-state index contributed by atoms with van der Waals surface area (Å²) in [4.78, 5) is 31.9. The number of unbranched alkanes of at least 4 members (excludes halogenated alkanes) is 2. The Balaban J connectivity index is 0.000000471. The van der Waals surface area contributed by atoms with E-state index in [1.807, 2.05) is 30.3 Å². The Morgan fingerprint density at radius 1 is 1.00 bits per heavy atom. The van der Waals surface area contributed by atoms with Crippen LogP contribution in [0.3, 0.4) is 0 Å². The number of rotatable bonds is 7. The zero-order valence-electron chi connectivity index (χ0n) is 12.2. The van der Waals surface area contributed by atoms with E-state index in [0.717, 1.165) is 5.69 Å². The molecule has 1 aromatic carbocycles. The van der Waals surface area contributed by atoms with E-state index < -0.39 is 11.8 Å². The Hall–Kier alpha value is -2.37. The van der Waals surface area contributed by atoms with E-state index >= 15 is 0 Å². The maximum absolute atomic E-state index is 10.9. The Kier molecular flexibility index (Phi) is 10.2. The van der Waals surface area contributed by atoms with Crippen molar-refractivity contribution in [3.63, 3.8) is 0 Å². The summed E-state index contributed by atoms with van der Waals surface area (Å²) in [5.74, 6) is -1.67. The molecule has 0 heterocycles. The fourth-order valence-corrected chi connectivity index (χ4v) is 1.43. The molecule has 0 aliphatic rings. The van der Waals surface area contributed by atoms with Crippen LogP contribution < -0.4 is 11.5 Å². The average Bonchev–Trinajstić information content (AvgIpc) is 2.47. The lowest BCUT2D eigenvalue weighted by Gasteiger charge is -1.98. The molecule has 116 valence electrons. The summed E-state index contributed by atoms with van der Waals surface area (Å²) in [6.45, 7) is 0. The predicted molar refractivity (Wildman–Crippen MR) is 80.2 cm³/mol. The molecule has 0 atom stereocenters. The van der Waals surface area contributed by atoms with Crippen LogP contribution in [0.15, 0.2) is 30.3 Å². The molecule has 21 heavy (non-hydrogen) atoms. The smallest absolute Gasteiger partial charge is 0.374 e. The third kappa shape index (κ3) is 11.2. The van der Waals surface area contributed by atoms with Crippen molar-refractivity contribution in [2.75, 3.05) is 12.8 Å². The molecule has 6 heteroatoms. The molecule has 0 unspecified atom stereocenters. The largest absolute Gasteiger partial charge is 0.463 e. The molecule has 0 saturated heterocycles. The number of carbonyl (C=O) groups is 3. The summed E-state index contributed by atoms with van der Waals surface area (Å²) in [5, 5.41) is 0. The zero-order valence-corrected chi connectivity index (χ0v) is 12.2. The van der Waals surface area contributed by atoms with Gasteiger partial charge in [-0.15, -0.1) is 0 Å². The standard InChI is InChI=1S/C9H15NO4.C6H7N/c1-14-9(13)7(11)5-3-2-4-6-8(10)12;7-6-4-2-1-3-5-6/h2-6H2,1H3,(H2,10,12);1-5H,7H2. The van der Waals surface area contributed by atoms with Gasteiger partial charge < -0.3 is 16.2 Å². The van der Waals surface area contributed by atoms with E-state index in [4.69, 9.17) is 11.5 Å². The first-order valence-electron chi connectivity index (χ1n) is 6.67. The molecule has 1 amide bonds. The Bertz CT molecular complexity index is 446. The van der Waals surface area contributed by atoms with Gasteiger partial charge in [0, 0.05) is 18.5 Å². The first-order chi connectivity index (χ1) is 9.97. The molecule has 0 aliphatic heterocycles. The van der Waals surface area contributed by atoms with Crippen molar-refractivity contribution in [1.29, 1.82) is 0 Å². The van der Waals surface area contributed by atoms with Crippen LogP contribution in [0.5, 0.6) is 0 Å². The molecule has 6 nitrogen and oxygen atoms in total. The molecule has 0 saturated carbocycles. The van der Waals surface area contributed by atoms with Crippen molar-refractivity contribution in [3.8, 4) is 0 Å². The molecular weight excluding hydrogens is 272 g/mol.